The van der Waals surface area contributed by atoms with Gasteiger partial charge in [0.25, 0.3) is 0 Å². The number of carbonyl (C=O) groups excluding carboxylic acids is 1. The standard InChI is InChI=1S/C20H18ClN3OS/c1-20(11-17(25)24(2)19(22)23-20)14-8-13-6-7-26-18(13)16(10-14)12-4-3-5-15(21)9-12/h3-10H,11H2,1-2H3,(H2,22,23)/t20-/m0/s1. The minimum Gasteiger partial charge on any atom is -0.369 e. The molecule has 0 radical (unpaired) electrons. The van der Waals surface area contributed by atoms with Crippen LogP contribution in [0.3, 0.4) is 0 Å². The molecule has 2 aromatic carbocycles. The fourth-order valence-electron chi connectivity index (χ4n) is 3.34. The quantitative estimate of drug-likeness (QED) is 0.702. The molecule has 3 aromatic rings. The first-order valence-electron chi connectivity index (χ1n) is 8.27. The Balaban J connectivity index is 1.94. The van der Waals surface area contributed by atoms with E-state index in [2.05, 4.69) is 28.6 Å². The highest BCUT2D eigenvalue weighted by molar-refractivity contribution is 7.17. The molecule has 132 valence electrons. The van der Waals surface area contributed by atoms with Crippen LogP contribution >= 0.6 is 22.9 Å². The summed E-state index contributed by atoms with van der Waals surface area (Å²) in [5, 5.41) is 3.90. The van der Waals surface area contributed by atoms with Crippen molar-refractivity contribution in [2.75, 3.05) is 7.05 Å². The number of nitrogens with zero attached hydrogens (tertiary/aromatic N) is 2. The first-order chi connectivity index (χ1) is 12.4. The van der Waals surface area contributed by atoms with Gasteiger partial charge >= 0.3 is 0 Å². The number of nitrogens with two attached hydrogens (primary N) is 1. The third-order valence-electron chi connectivity index (χ3n) is 4.88. The van der Waals surface area contributed by atoms with Crippen molar-refractivity contribution in [2.24, 2.45) is 10.7 Å². The van der Waals surface area contributed by atoms with Crippen LogP contribution < -0.4 is 5.73 Å². The van der Waals surface area contributed by atoms with Gasteiger partial charge in [-0.15, -0.1) is 11.3 Å². The highest BCUT2D eigenvalue weighted by atomic mass is 35.5. The van der Waals surface area contributed by atoms with Gasteiger partial charge in [0.05, 0.1) is 12.0 Å². The normalized spacial score (nSPS) is 20.5. The van der Waals surface area contributed by atoms with Crippen LogP contribution in [0.4, 0.5) is 0 Å². The largest absolute Gasteiger partial charge is 0.369 e. The van der Waals surface area contributed by atoms with Crippen LogP contribution in [0.5, 0.6) is 0 Å². The molecular formula is C20H18ClN3OS. The van der Waals surface area contributed by atoms with Gasteiger partial charge in [0.2, 0.25) is 5.91 Å². The maximum Gasteiger partial charge on any atom is 0.231 e. The summed E-state index contributed by atoms with van der Waals surface area (Å²) >= 11 is 7.90. The van der Waals surface area contributed by atoms with Crippen LogP contribution in [0, 0.1) is 0 Å². The monoisotopic (exact) mass is 383 g/mol. The van der Waals surface area contributed by atoms with E-state index in [4.69, 9.17) is 17.3 Å². The average Bonchev–Trinajstić information content (AvgIpc) is 3.07. The lowest BCUT2D eigenvalue weighted by molar-refractivity contribution is -0.128. The summed E-state index contributed by atoms with van der Waals surface area (Å²) in [5.41, 5.74) is 8.42. The number of benzene rings is 2. The third kappa shape index (κ3) is 2.77. The van der Waals surface area contributed by atoms with E-state index in [1.54, 1.807) is 18.4 Å². The Bertz CT molecular complexity index is 1060. The highest BCUT2D eigenvalue weighted by Gasteiger charge is 2.36. The van der Waals surface area contributed by atoms with Crippen molar-refractivity contribution in [3.05, 3.63) is 58.4 Å². The minimum atomic E-state index is -0.683. The fraction of sp³-hybridized carbons (Fsp3) is 0.200. The fourth-order valence-corrected chi connectivity index (χ4v) is 4.45. The number of hydrogen-bond donors (Lipinski definition) is 1. The molecule has 4 rings (SSSR count). The maximum atomic E-state index is 12.4. The van der Waals surface area contributed by atoms with Gasteiger partial charge in [-0.25, -0.2) is 4.99 Å². The predicted molar refractivity (Wildman–Crippen MR) is 109 cm³/mol. The summed E-state index contributed by atoms with van der Waals surface area (Å²) < 4.78 is 1.19. The summed E-state index contributed by atoms with van der Waals surface area (Å²) in [4.78, 5) is 18.4. The molecule has 6 heteroatoms. The maximum absolute atomic E-state index is 12.4. The van der Waals surface area contributed by atoms with Gasteiger partial charge < -0.3 is 5.73 Å². The summed E-state index contributed by atoms with van der Waals surface area (Å²) in [6, 6.07) is 14.1. The van der Waals surface area contributed by atoms with Crippen LogP contribution in [0.25, 0.3) is 21.2 Å². The van der Waals surface area contributed by atoms with Gasteiger partial charge in [-0.2, -0.15) is 0 Å². The predicted octanol–water partition coefficient (Wildman–Crippen LogP) is 4.61. The molecule has 0 bridgehead atoms. The molecule has 1 aromatic heterocycles. The molecule has 1 aliphatic rings. The lowest BCUT2D eigenvalue weighted by Gasteiger charge is -2.34. The van der Waals surface area contributed by atoms with Gasteiger partial charge in [0.1, 0.15) is 0 Å². The first-order valence-corrected chi connectivity index (χ1v) is 9.53. The van der Waals surface area contributed by atoms with E-state index in [9.17, 15) is 4.79 Å². The van der Waals surface area contributed by atoms with Gasteiger partial charge in [0.15, 0.2) is 5.96 Å². The van der Waals surface area contributed by atoms with Crippen molar-refractivity contribution in [3.63, 3.8) is 0 Å². The Morgan fingerprint density at radius 1 is 1.27 bits per heavy atom. The van der Waals surface area contributed by atoms with Crippen molar-refractivity contribution in [1.29, 1.82) is 0 Å². The Hall–Kier alpha value is -2.37. The number of amides is 1. The van der Waals surface area contributed by atoms with E-state index in [1.807, 2.05) is 31.2 Å². The van der Waals surface area contributed by atoms with E-state index in [0.29, 0.717) is 5.02 Å². The lowest BCUT2D eigenvalue weighted by atomic mass is 9.85. The summed E-state index contributed by atoms with van der Waals surface area (Å²) in [5.74, 6) is 0.216. The number of guanidine groups is 1. The summed E-state index contributed by atoms with van der Waals surface area (Å²) in [7, 11) is 1.65. The molecule has 0 saturated carbocycles. The topological polar surface area (TPSA) is 58.7 Å². The molecule has 0 spiro atoms. The zero-order valence-corrected chi connectivity index (χ0v) is 16.1. The van der Waals surface area contributed by atoms with Crippen LogP contribution in [-0.2, 0) is 10.3 Å². The Kier molecular flexibility index (Phi) is 4.01. The van der Waals surface area contributed by atoms with Crippen molar-refractivity contribution in [2.45, 2.75) is 18.9 Å². The molecule has 26 heavy (non-hydrogen) atoms. The number of fused-ring (bicyclic) bond motifs is 1. The average molecular weight is 384 g/mol. The van der Waals surface area contributed by atoms with Crippen LogP contribution in [-0.4, -0.2) is 23.8 Å². The second-order valence-electron chi connectivity index (χ2n) is 6.75. The van der Waals surface area contributed by atoms with Crippen LogP contribution in [0.1, 0.15) is 18.9 Å². The van der Waals surface area contributed by atoms with E-state index in [-0.39, 0.29) is 18.3 Å². The van der Waals surface area contributed by atoms with Gasteiger partial charge in [-0.05, 0) is 64.7 Å². The lowest BCUT2D eigenvalue weighted by Crippen LogP contribution is -2.47. The molecule has 1 aliphatic heterocycles. The molecule has 0 saturated heterocycles. The summed E-state index contributed by atoms with van der Waals surface area (Å²) in [6.07, 6.45) is 0.287. The number of rotatable bonds is 2. The molecule has 0 unspecified atom stereocenters. The number of aliphatic imine (C=N–C) groups is 1. The van der Waals surface area contributed by atoms with Gasteiger partial charge in [-0.3, -0.25) is 9.69 Å². The zero-order chi connectivity index (χ0) is 18.5. The molecular weight excluding hydrogens is 366 g/mol. The zero-order valence-electron chi connectivity index (χ0n) is 14.5. The molecule has 1 atom stereocenters. The van der Waals surface area contributed by atoms with Crippen LogP contribution in [0.15, 0.2) is 52.8 Å². The number of thiophene rings is 1. The Morgan fingerprint density at radius 3 is 2.81 bits per heavy atom. The smallest absolute Gasteiger partial charge is 0.231 e. The molecule has 0 fully saturated rings. The number of carbonyl (C=O) groups is 1. The SMILES string of the molecule is CN1C(=O)C[C@@](C)(c2cc(-c3cccc(Cl)c3)c3sccc3c2)N=C1N. The molecule has 2 N–H and O–H groups in total. The van der Waals surface area contributed by atoms with E-state index in [0.717, 1.165) is 22.1 Å². The van der Waals surface area contributed by atoms with Crippen molar-refractivity contribution in [1.82, 2.24) is 4.90 Å². The molecule has 4 nitrogen and oxygen atoms in total. The van der Waals surface area contributed by atoms with Crippen molar-refractivity contribution < 1.29 is 4.79 Å². The van der Waals surface area contributed by atoms with Gasteiger partial charge in [-0.1, -0.05) is 23.7 Å². The van der Waals surface area contributed by atoms with Crippen LogP contribution in [0.2, 0.25) is 5.02 Å². The Labute approximate surface area is 160 Å². The molecule has 2 heterocycles. The number of halogens is 1. The first kappa shape index (κ1) is 17.1. The second-order valence-corrected chi connectivity index (χ2v) is 8.10. The highest BCUT2D eigenvalue weighted by Crippen LogP contribution is 2.40. The van der Waals surface area contributed by atoms with Crippen molar-refractivity contribution in [3.8, 4) is 11.1 Å². The minimum absolute atomic E-state index is 0.0327. The van der Waals surface area contributed by atoms with E-state index < -0.39 is 5.54 Å². The Morgan fingerprint density at radius 2 is 2.08 bits per heavy atom. The van der Waals surface area contributed by atoms with Gasteiger partial charge in [0, 0.05) is 16.8 Å². The van der Waals surface area contributed by atoms with E-state index >= 15 is 0 Å². The van der Waals surface area contributed by atoms with E-state index in [1.165, 1.54) is 9.60 Å². The third-order valence-corrected chi connectivity index (χ3v) is 6.08. The second kappa shape index (κ2) is 6.11. The summed E-state index contributed by atoms with van der Waals surface area (Å²) in [6.45, 7) is 1.96. The van der Waals surface area contributed by atoms with Crippen molar-refractivity contribution >= 4 is 44.9 Å². The number of hydrogen-bond acceptors (Lipinski definition) is 4. The molecule has 1 amide bonds. The molecule has 0 aliphatic carbocycles.